The molecule has 0 unspecified atom stereocenters. The van der Waals surface area contributed by atoms with Crippen LogP contribution >= 0.6 is 0 Å². The van der Waals surface area contributed by atoms with Crippen molar-refractivity contribution in [3.05, 3.63) is 42.1 Å². The lowest BCUT2D eigenvalue weighted by molar-refractivity contribution is -0.124. The molecule has 3 heterocycles. The molecule has 0 bridgehead atoms. The molecule has 1 N–H and O–H groups in total. The molecule has 3 aliphatic rings. The third-order valence-electron chi connectivity index (χ3n) is 6.53. The van der Waals surface area contributed by atoms with Crippen molar-refractivity contribution in [2.24, 2.45) is 5.92 Å². The van der Waals surface area contributed by atoms with Gasteiger partial charge in [0.05, 0.1) is 24.0 Å². The fourth-order valence-corrected chi connectivity index (χ4v) is 4.63. The Hall–Kier alpha value is -2.93. The Morgan fingerprint density at radius 3 is 2.73 bits per heavy atom. The van der Waals surface area contributed by atoms with Crippen LogP contribution in [-0.4, -0.2) is 36.6 Å². The van der Waals surface area contributed by atoms with Gasteiger partial charge in [-0.2, -0.15) is 0 Å². The number of anilines is 4. The molecule has 7 nitrogen and oxygen atoms in total. The lowest BCUT2D eigenvalue weighted by Crippen LogP contribution is -2.43. The molecule has 1 aliphatic carbocycles. The van der Waals surface area contributed by atoms with Crippen molar-refractivity contribution in [3.63, 3.8) is 0 Å². The summed E-state index contributed by atoms with van der Waals surface area (Å²) in [7, 11) is 1.74. The highest BCUT2D eigenvalue weighted by atomic mass is 16.5. The number of rotatable bonds is 3. The second-order valence-electron chi connectivity index (χ2n) is 8.27. The zero-order chi connectivity index (χ0) is 20.7. The third kappa shape index (κ3) is 3.33. The Morgan fingerprint density at radius 2 is 2.03 bits per heavy atom. The molecular weight excluding hydrogens is 380 g/mol. The van der Waals surface area contributed by atoms with Gasteiger partial charge in [-0.3, -0.25) is 9.59 Å². The number of hydrogen-bond donors (Lipinski definition) is 1. The van der Waals surface area contributed by atoms with Crippen LogP contribution in [0, 0.1) is 5.92 Å². The van der Waals surface area contributed by atoms with E-state index in [0.29, 0.717) is 13.0 Å². The van der Waals surface area contributed by atoms with Crippen molar-refractivity contribution in [3.8, 4) is 0 Å². The number of nitrogens with zero attached hydrogens (tertiary/aromatic N) is 3. The molecule has 2 aliphatic heterocycles. The summed E-state index contributed by atoms with van der Waals surface area (Å²) < 4.78 is 5.48. The predicted octanol–water partition coefficient (Wildman–Crippen LogP) is 3.61. The number of nitrogens with one attached hydrogen (secondary N) is 1. The maximum absolute atomic E-state index is 13.7. The molecule has 2 amide bonds. The largest absolute Gasteiger partial charge is 0.381 e. The first-order chi connectivity index (χ1) is 14.6. The molecular formula is C23H26N4O3. The molecule has 2 aromatic rings. The minimum Gasteiger partial charge on any atom is -0.381 e. The Bertz CT molecular complexity index is 984. The number of ether oxygens (including phenoxy) is 1. The fraction of sp³-hybridized carbons (Fsp3) is 0.435. The number of methoxy groups -OCH3 is 1. The maximum atomic E-state index is 13.7. The van der Waals surface area contributed by atoms with E-state index < -0.39 is 0 Å². The zero-order valence-electron chi connectivity index (χ0n) is 17.1. The Labute approximate surface area is 176 Å². The van der Waals surface area contributed by atoms with Gasteiger partial charge in [-0.25, -0.2) is 4.98 Å². The Kier molecular flexibility index (Phi) is 4.90. The van der Waals surface area contributed by atoms with E-state index in [1.165, 1.54) is 0 Å². The van der Waals surface area contributed by atoms with Crippen LogP contribution in [0.5, 0.6) is 0 Å². The van der Waals surface area contributed by atoms with Crippen molar-refractivity contribution < 1.29 is 14.3 Å². The summed E-state index contributed by atoms with van der Waals surface area (Å²) in [6.45, 7) is 1.19. The van der Waals surface area contributed by atoms with Crippen molar-refractivity contribution in [1.29, 1.82) is 0 Å². The monoisotopic (exact) mass is 406 g/mol. The van der Waals surface area contributed by atoms with E-state index in [-0.39, 0.29) is 23.8 Å². The van der Waals surface area contributed by atoms with E-state index in [4.69, 9.17) is 4.74 Å². The van der Waals surface area contributed by atoms with E-state index in [1.54, 1.807) is 18.2 Å². The van der Waals surface area contributed by atoms with Gasteiger partial charge in [0.25, 0.3) is 0 Å². The number of aromatic nitrogens is 1. The van der Waals surface area contributed by atoms with Gasteiger partial charge >= 0.3 is 0 Å². The molecule has 0 spiro atoms. The molecule has 30 heavy (non-hydrogen) atoms. The van der Waals surface area contributed by atoms with Crippen LogP contribution in [0.2, 0.25) is 0 Å². The van der Waals surface area contributed by atoms with Gasteiger partial charge in [0, 0.05) is 43.4 Å². The summed E-state index contributed by atoms with van der Waals surface area (Å²) in [6, 6.07) is 9.74. The summed E-state index contributed by atoms with van der Waals surface area (Å²) in [5.41, 5.74) is 3.47. The first-order valence-electron chi connectivity index (χ1n) is 10.6. The van der Waals surface area contributed by atoms with Crippen LogP contribution in [0.3, 0.4) is 0 Å². The highest BCUT2D eigenvalue weighted by molar-refractivity contribution is 6.03. The van der Waals surface area contributed by atoms with Gasteiger partial charge in [0.15, 0.2) is 0 Å². The number of carbonyl (C=O) groups is 2. The highest BCUT2D eigenvalue weighted by Gasteiger charge is 2.34. The van der Waals surface area contributed by atoms with Gasteiger partial charge < -0.3 is 19.9 Å². The van der Waals surface area contributed by atoms with Crippen molar-refractivity contribution in [2.75, 3.05) is 28.8 Å². The first kappa shape index (κ1) is 19.1. The Morgan fingerprint density at radius 1 is 1.20 bits per heavy atom. The smallest absolute Gasteiger partial charge is 0.230 e. The van der Waals surface area contributed by atoms with E-state index in [1.807, 2.05) is 35.2 Å². The van der Waals surface area contributed by atoms with Gasteiger partial charge in [-0.1, -0.05) is 6.07 Å². The molecule has 1 aromatic carbocycles. The summed E-state index contributed by atoms with van der Waals surface area (Å²) in [4.78, 5) is 33.7. The van der Waals surface area contributed by atoms with Crippen molar-refractivity contribution >= 4 is 34.7 Å². The van der Waals surface area contributed by atoms with Gasteiger partial charge in [-0.15, -0.1) is 0 Å². The van der Waals surface area contributed by atoms with Crippen LogP contribution in [0.15, 0.2) is 36.5 Å². The quantitative estimate of drug-likeness (QED) is 0.788. The second-order valence-corrected chi connectivity index (χ2v) is 8.27. The maximum Gasteiger partial charge on any atom is 0.230 e. The summed E-state index contributed by atoms with van der Waals surface area (Å²) in [5.74, 6) is 1.01. The van der Waals surface area contributed by atoms with Crippen molar-refractivity contribution in [2.45, 2.75) is 44.8 Å². The number of amides is 2. The van der Waals surface area contributed by atoms with Gasteiger partial charge in [0.1, 0.15) is 5.82 Å². The van der Waals surface area contributed by atoms with E-state index >= 15 is 0 Å². The highest BCUT2D eigenvalue weighted by Crippen LogP contribution is 2.40. The SMILES string of the molecule is COC1CCC(C(=O)N2Cc3cccnc3Nc3ccc(N4CCC4=O)cc32)CC1. The average molecular weight is 406 g/mol. The normalized spacial score (nSPS) is 23.0. The number of β-lactam (4-membered cyclic amide) rings is 1. The zero-order valence-corrected chi connectivity index (χ0v) is 17.1. The molecule has 156 valence electrons. The first-order valence-corrected chi connectivity index (χ1v) is 10.6. The van der Waals surface area contributed by atoms with Gasteiger partial charge in [0.2, 0.25) is 11.8 Å². The van der Waals surface area contributed by atoms with Crippen molar-refractivity contribution in [1.82, 2.24) is 4.98 Å². The number of benzene rings is 1. The summed E-state index contributed by atoms with van der Waals surface area (Å²) >= 11 is 0. The molecule has 0 atom stereocenters. The minimum absolute atomic E-state index is 0.0169. The Balaban J connectivity index is 1.51. The molecule has 2 fully saturated rings. The molecule has 0 radical (unpaired) electrons. The number of carbonyl (C=O) groups excluding carboxylic acids is 2. The number of pyridine rings is 1. The lowest BCUT2D eigenvalue weighted by Gasteiger charge is -2.34. The minimum atomic E-state index is -0.0169. The molecule has 1 saturated heterocycles. The summed E-state index contributed by atoms with van der Waals surface area (Å²) in [5, 5.41) is 3.39. The number of hydrogen-bond acceptors (Lipinski definition) is 5. The number of fused-ring (bicyclic) bond motifs is 2. The molecule has 7 heteroatoms. The van der Waals surface area contributed by atoms with Crippen LogP contribution in [0.25, 0.3) is 0 Å². The van der Waals surface area contributed by atoms with Gasteiger partial charge in [-0.05, 0) is 49.9 Å². The summed E-state index contributed by atoms with van der Waals surface area (Å²) in [6.07, 6.45) is 6.07. The average Bonchev–Trinajstić information content (AvgIpc) is 2.94. The second kappa shape index (κ2) is 7.72. The standard InChI is InChI=1S/C23H26N4O3/c1-30-18-7-4-15(5-8-18)23(29)27-14-16-3-2-11-24-22(16)25-19-9-6-17(13-20(19)27)26-12-10-21(26)28/h2-3,6,9,11,13,15,18H,4-5,7-8,10,12,14H2,1H3,(H,24,25). The van der Waals surface area contributed by atoms with E-state index in [0.717, 1.165) is 60.7 Å². The fourth-order valence-electron chi connectivity index (χ4n) is 4.63. The van der Waals surface area contributed by atoms with Crippen LogP contribution in [0.4, 0.5) is 22.9 Å². The molecule has 5 rings (SSSR count). The van der Waals surface area contributed by atoms with E-state index in [9.17, 15) is 9.59 Å². The molecule has 1 aromatic heterocycles. The lowest BCUT2D eigenvalue weighted by atomic mass is 9.86. The van der Waals surface area contributed by atoms with Crippen LogP contribution in [0.1, 0.15) is 37.7 Å². The van der Waals surface area contributed by atoms with Crippen LogP contribution in [-0.2, 0) is 20.9 Å². The predicted molar refractivity (Wildman–Crippen MR) is 115 cm³/mol. The van der Waals surface area contributed by atoms with Crippen LogP contribution < -0.4 is 15.1 Å². The topological polar surface area (TPSA) is 74.8 Å². The third-order valence-corrected chi connectivity index (χ3v) is 6.53. The van der Waals surface area contributed by atoms with E-state index in [2.05, 4.69) is 10.3 Å². The molecule has 1 saturated carbocycles.